The number of aromatic hydroxyl groups is 1. The molecule has 0 saturated heterocycles. The van der Waals surface area contributed by atoms with Crippen LogP contribution in [0.25, 0.3) is 0 Å². The van der Waals surface area contributed by atoms with Gasteiger partial charge in [0.2, 0.25) is 11.1 Å². The number of phenolic OH excluding ortho intramolecular Hbond substituents is 1. The zero-order chi connectivity index (χ0) is 21.5. The predicted octanol–water partition coefficient (Wildman–Crippen LogP) is 2.65. The number of ether oxygens (including phenoxy) is 1. The lowest BCUT2D eigenvalue weighted by Gasteiger charge is -2.05. The Kier molecular flexibility index (Phi) is 7.14. The number of hydrazone groups is 1. The molecule has 3 rings (SSSR count). The molecule has 1 amide bonds. The third-order valence-corrected chi connectivity index (χ3v) is 5.12. The molecule has 30 heavy (non-hydrogen) atoms. The van der Waals surface area contributed by atoms with E-state index in [1.165, 1.54) is 24.1 Å². The monoisotopic (exact) mass is 491 g/mol. The van der Waals surface area contributed by atoms with Gasteiger partial charge in [-0.1, -0.05) is 33.8 Å². The van der Waals surface area contributed by atoms with E-state index in [9.17, 15) is 9.90 Å². The lowest BCUT2D eigenvalue weighted by molar-refractivity contribution is -0.113. The number of rotatable bonds is 8. The van der Waals surface area contributed by atoms with Crippen LogP contribution in [0.4, 0.5) is 11.6 Å². The third kappa shape index (κ3) is 5.64. The van der Waals surface area contributed by atoms with Crippen molar-refractivity contribution < 1.29 is 14.6 Å². The van der Waals surface area contributed by atoms with Crippen molar-refractivity contribution >= 4 is 51.4 Å². The Morgan fingerprint density at radius 2 is 2.20 bits per heavy atom. The molecule has 2 aromatic carbocycles. The molecule has 1 aromatic heterocycles. The Morgan fingerprint density at radius 3 is 2.93 bits per heavy atom. The van der Waals surface area contributed by atoms with E-state index in [2.05, 4.69) is 42.0 Å². The molecule has 12 heteroatoms. The zero-order valence-corrected chi connectivity index (χ0v) is 18.1. The van der Waals surface area contributed by atoms with Crippen molar-refractivity contribution in [1.82, 2.24) is 14.9 Å². The molecule has 3 aromatic rings. The number of carbonyl (C=O) groups excluding carboxylic acids is 1. The number of nitrogens with one attached hydrogen (secondary N) is 2. The number of hydrogen-bond donors (Lipinski definition) is 4. The molecule has 0 aliphatic rings. The molecule has 0 fully saturated rings. The molecule has 156 valence electrons. The number of anilines is 2. The highest BCUT2D eigenvalue weighted by Gasteiger charge is 2.12. The van der Waals surface area contributed by atoms with Gasteiger partial charge in [-0.25, -0.2) is 10.1 Å². The number of benzene rings is 2. The lowest BCUT2D eigenvalue weighted by Crippen LogP contribution is -2.16. The Labute approximate surface area is 184 Å². The average Bonchev–Trinajstić information content (AvgIpc) is 3.06. The minimum Gasteiger partial charge on any atom is -0.504 e. The number of amides is 1. The summed E-state index contributed by atoms with van der Waals surface area (Å²) in [6, 6.07) is 12.1. The molecule has 5 N–H and O–H groups in total. The van der Waals surface area contributed by atoms with Crippen molar-refractivity contribution in [2.75, 3.05) is 29.4 Å². The summed E-state index contributed by atoms with van der Waals surface area (Å²) in [6.07, 6.45) is 1.48. The molecular weight excluding hydrogens is 474 g/mol. The fourth-order valence-electron chi connectivity index (χ4n) is 2.30. The normalized spacial score (nSPS) is 10.9. The van der Waals surface area contributed by atoms with Gasteiger partial charge in [-0.2, -0.15) is 5.10 Å². The Bertz CT molecular complexity index is 1070. The summed E-state index contributed by atoms with van der Waals surface area (Å²) in [6.45, 7) is 0. The van der Waals surface area contributed by atoms with Crippen LogP contribution < -0.4 is 21.3 Å². The maximum absolute atomic E-state index is 12.1. The second kappa shape index (κ2) is 9.98. The highest BCUT2D eigenvalue weighted by atomic mass is 79.9. The van der Waals surface area contributed by atoms with Crippen LogP contribution in [-0.2, 0) is 4.79 Å². The van der Waals surface area contributed by atoms with Crippen molar-refractivity contribution in [2.24, 2.45) is 5.10 Å². The molecule has 0 aliphatic carbocycles. The van der Waals surface area contributed by atoms with Crippen molar-refractivity contribution in [2.45, 2.75) is 5.16 Å². The molecule has 0 radical (unpaired) electrons. The highest BCUT2D eigenvalue weighted by Crippen LogP contribution is 2.25. The van der Waals surface area contributed by atoms with E-state index in [0.29, 0.717) is 22.2 Å². The van der Waals surface area contributed by atoms with Gasteiger partial charge in [0.15, 0.2) is 11.5 Å². The van der Waals surface area contributed by atoms with Gasteiger partial charge in [-0.15, -0.1) is 10.2 Å². The lowest BCUT2D eigenvalue weighted by atomic mass is 10.2. The van der Waals surface area contributed by atoms with Crippen LogP contribution in [0.1, 0.15) is 5.56 Å². The summed E-state index contributed by atoms with van der Waals surface area (Å²) in [7, 11) is 1.47. The van der Waals surface area contributed by atoms with Crippen molar-refractivity contribution in [3.8, 4) is 11.5 Å². The van der Waals surface area contributed by atoms with E-state index in [1.54, 1.807) is 24.3 Å². The first-order chi connectivity index (χ1) is 14.5. The summed E-state index contributed by atoms with van der Waals surface area (Å²) in [5, 5.41) is 24.8. The highest BCUT2D eigenvalue weighted by molar-refractivity contribution is 9.10. The summed E-state index contributed by atoms with van der Waals surface area (Å²) >= 11 is 4.49. The smallest absolute Gasteiger partial charge is 0.264 e. The average molecular weight is 492 g/mol. The first-order valence-corrected chi connectivity index (χ1v) is 10.3. The fraction of sp³-hybridized carbons (Fsp3) is 0.111. The van der Waals surface area contributed by atoms with Gasteiger partial charge in [0.1, 0.15) is 0 Å². The van der Waals surface area contributed by atoms with E-state index in [0.717, 1.165) is 16.2 Å². The second-order valence-electron chi connectivity index (χ2n) is 5.82. The molecule has 0 aliphatic heterocycles. The minimum absolute atomic E-state index is 0.00302. The number of nitrogens with zero attached hydrogens (tertiary/aromatic N) is 4. The molecule has 0 saturated carbocycles. The number of nitrogen functional groups attached to an aromatic ring is 1. The van der Waals surface area contributed by atoms with E-state index < -0.39 is 0 Å². The van der Waals surface area contributed by atoms with Crippen LogP contribution >= 0.6 is 27.7 Å². The van der Waals surface area contributed by atoms with Crippen molar-refractivity contribution in [1.29, 1.82) is 0 Å². The number of carbonyl (C=O) groups is 1. The van der Waals surface area contributed by atoms with Crippen LogP contribution in [-0.4, -0.2) is 45.0 Å². The molecule has 1 heterocycles. The van der Waals surface area contributed by atoms with E-state index in [-0.39, 0.29) is 23.4 Å². The van der Waals surface area contributed by atoms with Gasteiger partial charge < -0.3 is 21.0 Å². The predicted molar refractivity (Wildman–Crippen MR) is 120 cm³/mol. The quantitative estimate of drug-likeness (QED) is 0.163. The van der Waals surface area contributed by atoms with E-state index in [4.69, 9.17) is 10.6 Å². The fourth-order valence-corrected chi connectivity index (χ4v) is 3.35. The van der Waals surface area contributed by atoms with E-state index in [1.807, 2.05) is 12.1 Å². The molecular formula is C18H18BrN7O3S. The van der Waals surface area contributed by atoms with Crippen molar-refractivity contribution in [3.05, 3.63) is 52.5 Å². The standard InChI is InChI=1S/C18H18BrN7O3S/c1-29-15-6-5-11(7-14(15)27)9-21-23-17-24-25-18(26(17)20)30-10-16(28)22-13-4-2-3-12(19)8-13/h2-9,27H,10,20H2,1H3,(H,22,28)(H,23,24)/b21-9+. The van der Waals surface area contributed by atoms with Gasteiger partial charge in [0.05, 0.1) is 19.1 Å². The maximum atomic E-state index is 12.1. The zero-order valence-electron chi connectivity index (χ0n) is 15.7. The summed E-state index contributed by atoms with van der Waals surface area (Å²) in [5.74, 6) is 6.41. The number of halogens is 1. The van der Waals surface area contributed by atoms with Gasteiger partial charge in [-0.3, -0.25) is 4.79 Å². The molecule has 0 atom stereocenters. The first-order valence-electron chi connectivity index (χ1n) is 8.51. The molecule has 0 spiro atoms. The summed E-state index contributed by atoms with van der Waals surface area (Å²) in [5.41, 5.74) is 3.99. The number of nitrogens with two attached hydrogens (primary N) is 1. The number of thioether (sulfide) groups is 1. The van der Waals surface area contributed by atoms with Crippen LogP contribution in [0.2, 0.25) is 0 Å². The number of aromatic nitrogens is 3. The molecule has 10 nitrogen and oxygen atoms in total. The molecule has 0 unspecified atom stereocenters. The first kappa shape index (κ1) is 21.5. The maximum Gasteiger partial charge on any atom is 0.264 e. The largest absolute Gasteiger partial charge is 0.504 e. The minimum atomic E-state index is -0.201. The van der Waals surface area contributed by atoms with Gasteiger partial charge >= 0.3 is 0 Å². The Balaban J connectivity index is 1.54. The van der Waals surface area contributed by atoms with Gasteiger partial charge in [0, 0.05) is 10.2 Å². The van der Waals surface area contributed by atoms with Crippen LogP contribution in [0.5, 0.6) is 11.5 Å². The van der Waals surface area contributed by atoms with Crippen LogP contribution in [0, 0.1) is 0 Å². The topological polar surface area (TPSA) is 140 Å². The Morgan fingerprint density at radius 1 is 1.37 bits per heavy atom. The number of phenols is 1. The van der Waals surface area contributed by atoms with Gasteiger partial charge in [-0.05, 0) is 42.0 Å². The van der Waals surface area contributed by atoms with Crippen LogP contribution in [0.15, 0.2) is 57.2 Å². The Hall–Kier alpha value is -3.25. The van der Waals surface area contributed by atoms with Gasteiger partial charge in [0.25, 0.3) is 5.95 Å². The SMILES string of the molecule is COc1ccc(/C=N/Nc2nnc(SCC(=O)Nc3cccc(Br)c3)n2N)cc1O. The third-order valence-electron chi connectivity index (χ3n) is 3.69. The molecule has 0 bridgehead atoms. The summed E-state index contributed by atoms with van der Waals surface area (Å²) in [4.78, 5) is 12.1. The van der Waals surface area contributed by atoms with Crippen LogP contribution in [0.3, 0.4) is 0 Å². The number of hydrogen-bond acceptors (Lipinski definition) is 9. The number of methoxy groups -OCH3 is 1. The van der Waals surface area contributed by atoms with E-state index >= 15 is 0 Å². The second-order valence-corrected chi connectivity index (χ2v) is 7.68. The summed E-state index contributed by atoms with van der Waals surface area (Å²) < 4.78 is 7.05. The van der Waals surface area contributed by atoms with Crippen molar-refractivity contribution in [3.63, 3.8) is 0 Å².